The number of nitrogens with zero attached hydrogens (tertiary/aromatic N) is 3. The first-order valence-corrected chi connectivity index (χ1v) is 7.82. The van der Waals surface area contributed by atoms with Gasteiger partial charge in [-0.05, 0) is 43.2 Å². The van der Waals surface area contributed by atoms with Gasteiger partial charge in [-0.1, -0.05) is 35.9 Å². The van der Waals surface area contributed by atoms with Gasteiger partial charge in [0.2, 0.25) is 0 Å². The smallest absolute Gasteiger partial charge is 0.142 e. The maximum atomic E-state index is 9.49. The Morgan fingerprint density at radius 2 is 1.60 bits per heavy atom. The van der Waals surface area contributed by atoms with Gasteiger partial charge in [0, 0.05) is 11.1 Å². The van der Waals surface area contributed by atoms with E-state index in [0.29, 0.717) is 11.1 Å². The van der Waals surface area contributed by atoms with Crippen LogP contribution in [0.2, 0.25) is 0 Å². The van der Waals surface area contributed by atoms with Gasteiger partial charge < -0.3 is 5.73 Å². The minimum atomic E-state index is 0.208. The van der Waals surface area contributed by atoms with Gasteiger partial charge in [-0.3, -0.25) is 0 Å². The first kappa shape index (κ1) is 16.2. The van der Waals surface area contributed by atoms with Gasteiger partial charge in [0.25, 0.3) is 0 Å². The van der Waals surface area contributed by atoms with Gasteiger partial charge >= 0.3 is 0 Å². The number of hydrogen-bond donors (Lipinski definition) is 1. The van der Waals surface area contributed by atoms with Crippen molar-refractivity contribution in [3.05, 3.63) is 70.8 Å². The number of aromatic nitrogens is 1. The van der Waals surface area contributed by atoms with E-state index >= 15 is 0 Å². The van der Waals surface area contributed by atoms with Crippen molar-refractivity contribution in [2.45, 2.75) is 13.8 Å². The third-order valence-corrected chi connectivity index (χ3v) is 4.14. The van der Waals surface area contributed by atoms with Crippen LogP contribution in [-0.4, -0.2) is 4.98 Å². The molecule has 1 heterocycles. The van der Waals surface area contributed by atoms with Crippen molar-refractivity contribution < 1.29 is 0 Å². The van der Waals surface area contributed by atoms with E-state index in [2.05, 4.69) is 23.2 Å². The first-order chi connectivity index (χ1) is 12.0. The molecule has 0 radical (unpaired) electrons. The molecule has 0 saturated carbocycles. The molecule has 1 aromatic heterocycles. The molecular weight excluding hydrogens is 308 g/mol. The monoisotopic (exact) mass is 324 g/mol. The quantitative estimate of drug-likeness (QED) is 0.759. The summed E-state index contributed by atoms with van der Waals surface area (Å²) < 4.78 is 0. The normalized spacial score (nSPS) is 10.1. The van der Waals surface area contributed by atoms with Gasteiger partial charge in [-0.2, -0.15) is 10.5 Å². The van der Waals surface area contributed by atoms with Crippen LogP contribution in [0.4, 0.5) is 5.82 Å². The van der Waals surface area contributed by atoms with Crippen LogP contribution >= 0.6 is 0 Å². The Bertz CT molecular complexity index is 1040. The van der Waals surface area contributed by atoms with Crippen molar-refractivity contribution in [2.75, 3.05) is 5.73 Å². The van der Waals surface area contributed by atoms with E-state index in [1.54, 1.807) is 12.1 Å². The molecule has 4 nitrogen and oxygen atoms in total. The molecule has 0 aliphatic carbocycles. The molecule has 2 aromatic carbocycles. The maximum Gasteiger partial charge on any atom is 0.142 e. The average Bonchev–Trinajstić information content (AvgIpc) is 2.61. The second kappa shape index (κ2) is 6.47. The number of nitriles is 2. The molecule has 120 valence electrons. The van der Waals surface area contributed by atoms with Crippen LogP contribution in [0, 0.1) is 36.5 Å². The second-order valence-corrected chi connectivity index (χ2v) is 5.93. The molecule has 0 amide bonds. The van der Waals surface area contributed by atoms with Crippen molar-refractivity contribution in [1.29, 1.82) is 10.5 Å². The largest absolute Gasteiger partial charge is 0.383 e. The Hall–Kier alpha value is -3.63. The van der Waals surface area contributed by atoms with Crippen LogP contribution in [0.5, 0.6) is 0 Å². The van der Waals surface area contributed by atoms with Crippen LogP contribution in [0.3, 0.4) is 0 Å². The van der Waals surface area contributed by atoms with E-state index in [4.69, 9.17) is 11.0 Å². The minimum Gasteiger partial charge on any atom is -0.383 e. The highest BCUT2D eigenvalue weighted by atomic mass is 14.8. The third-order valence-electron chi connectivity index (χ3n) is 4.14. The van der Waals surface area contributed by atoms with Crippen molar-refractivity contribution >= 4 is 5.82 Å². The van der Waals surface area contributed by atoms with E-state index in [1.165, 1.54) is 5.56 Å². The van der Waals surface area contributed by atoms with Crippen LogP contribution in [0.15, 0.2) is 48.5 Å². The lowest BCUT2D eigenvalue weighted by molar-refractivity contribution is 1.28. The summed E-state index contributed by atoms with van der Waals surface area (Å²) in [6, 6.07) is 19.3. The highest BCUT2D eigenvalue weighted by Crippen LogP contribution is 2.32. The Morgan fingerprint density at radius 3 is 2.20 bits per heavy atom. The minimum absolute atomic E-state index is 0.208. The summed E-state index contributed by atoms with van der Waals surface area (Å²) in [6.07, 6.45) is 0. The summed E-state index contributed by atoms with van der Waals surface area (Å²) in [6.45, 7) is 4.07. The Morgan fingerprint density at radius 1 is 0.880 bits per heavy atom. The molecule has 4 heteroatoms. The number of benzene rings is 2. The lowest BCUT2D eigenvalue weighted by Crippen LogP contribution is -2.00. The summed E-state index contributed by atoms with van der Waals surface area (Å²) in [4.78, 5) is 4.43. The molecule has 0 unspecified atom stereocenters. The maximum absolute atomic E-state index is 9.49. The van der Waals surface area contributed by atoms with Gasteiger partial charge in [0.15, 0.2) is 0 Å². The second-order valence-electron chi connectivity index (χ2n) is 5.93. The van der Waals surface area contributed by atoms with Crippen molar-refractivity contribution in [1.82, 2.24) is 4.98 Å². The Kier molecular flexibility index (Phi) is 4.20. The number of nitrogen functional groups attached to an aromatic ring is 1. The van der Waals surface area contributed by atoms with Gasteiger partial charge in [-0.25, -0.2) is 4.98 Å². The SMILES string of the molecule is Cc1ccc(-c2cc(-c3ccc(C#N)cc3)c(C#N)c(N)n2)c(C)c1. The molecule has 25 heavy (non-hydrogen) atoms. The molecule has 2 N–H and O–H groups in total. The summed E-state index contributed by atoms with van der Waals surface area (Å²) in [5, 5.41) is 18.4. The molecule has 3 aromatic rings. The van der Waals surface area contributed by atoms with Crippen LogP contribution < -0.4 is 5.73 Å². The zero-order valence-electron chi connectivity index (χ0n) is 14.0. The summed E-state index contributed by atoms with van der Waals surface area (Å²) in [5.74, 6) is 0.208. The molecule has 0 bridgehead atoms. The third kappa shape index (κ3) is 3.06. The average molecular weight is 324 g/mol. The predicted molar refractivity (Wildman–Crippen MR) is 98.4 cm³/mol. The number of anilines is 1. The zero-order valence-corrected chi connectivity index (χ0v) is 14.0. The van der Waals surface area contributed by atoms with Crippen molar-refractivity contribution in [2.24, 2.45) is 0 Å². The fraction of sp³-hybridized carbons (Fsp3) is 0.0952. The van der Waals surface area contributed by atoms with Gasteiger partial charge in [-0.15, -0.1) is 0 Å². The van der Waals surface area contributed by atoms with Crippen LogP contribution in [-0.2, 0) is 0 Å². The fourth-order valence-electron chi connectivity index (χ4n) is 2.87. The number of rotatable bonds is 2. The number of pyridine rings is 1. The molecule has 0 saturated heterocycles. The van der Waals surface area contributed by atoms with E-state index in [-0.39, 0.29) is 5.82 Å². The van der Waals surface area contributed by atoms with Gasteiger partial charge in [0.1, 0.15) is 17.5 Å². The molecule has 0 aliphatic heterocycles. The summed E-state index contributed by atoms with van der Waals surface area (Å²) in [7, 11) is 0. The number of aryl methyl sites for hydroxylation is 2. The van der Waals surface area contributed by atoms with E-state index in [0.717, 1.165) is 27.9 Å². The van der Waals surface area contributed by atoms with Crippen molar-refractivity contribution in [3.8, 4) is 34.5 Å². The fourth-order valence-corrected chi connectivity index (χ4v) is 2.87. The highest BCUT2D eigenvalue weighted by molar-refractivity contribution is 5.81. The molecule has 3 rings (SSSR count). The Labute approximate surface area is 146 Å². The van der Waals surface area contributed by atoms with E-state index in [9.17, 15) is 5.26 Å². The zero-order chi connectivity index (χ0) is 18.0. The molecule has 0 spiro atoms. The standard InChI is InChI=1S/C21H16N4/c1-13-3-8-17(14(2)9-13)20-10-18(19(12-23)21(24)25-20)16-6-4-15(11-22)5-7-16/h3-10H,1-2H3,(H2,24,25). The topological polar surface area (TPSA) is 86.5 Å². The number of nitrogens with two attached hydrogens (primary N) is 1. The predicted octanol–water partition coefficient (Wildman–Crippen LogP) is 4.36. The van der Waals surface area contributed by atoms with Gasteiger partial charge in [0.05, 0.1) is 17.3 Å². The van der Waals surface area contributed by atoms with Crippen LogP contribution in [0.1, 0.15) is 22.3 Å². The molecule has 0 aliphatic rings. The molecular formula is C21H16N4. The first-order valence-electron chi connectivity index (χ1n) is 7.82. The lowest BCUT2D eigenvalue weighted by Gasteiger charge is -2.12. The summed E-state index contributed by atoms with van der Waals surface area (Å²) >= 11 is 0. The lowest BCUT2D eigenvalue weighted by atomic mass is 9.96. The molecule has 0 atom stereocenters. The van der Waals surface area contributed by atoms with E-state index in [1.807, 2.05) is 44.2 Å². The summed E-state index contributed by atoms with van der Waals surface area (Å²) in [5.41, 5.74) is 12.5. The Balaban J connectivity index is 2.22. The van der Waals surface area contributed by atoms with Crippen molar-refractivity contribution in [3.63, 3.8) is 0 Å². The van der Waals surface area contributed by atoms with Crippen LogP contribution in [0.25, 0.3) is 22.4 Å². The number of hydrogen-bond acceptors (Lipinski definition) is 4. The highest BCUT2D eigenvalue weighted by Gasteiger charge is 2.14. The van der Waals surface area contributed by atoms with E-state index < -0.39 is 0 Å². The molecule has 0 fully saturated rings.